The topological polar surface area (TPSA) is 74.0 Å². The summed E-state index contributed by atoms with van der Waals surface area (Å²) in [5, 5.41) is 0. The predicted molar refractivity (Wildman–Crippen MR) is 68.2 cm³/mol. The van der Waals surface area contributed by atoms with Gasteiger partial charge in [-0.1, -0.05) is 0 Å². The van der Waals surface area contributed by atoms with E-state index in [1.165, 1.54) is 4.57 Å². The maximum Gasteiger partial charge on any atom is 0.347 e. The van der Waals surface area contributed by atoms with E-state index < -0.39 is 0 Å². The average molecular weight is 299 g/mol. The molecule has 10 rings (SSSR count). The molecule has 112 valence electrons. The highest BCUT2D eigenvalue weighted by molar-refractivity contribution is 5.56. The molecule has 5 saturated carbocycles. The molecule has 0 aromatic carbocycles. The van der Waals surface area contributed by atoms with E-state index in [1.54, 1.807) is 7.05 Å². The number of rotatable bonds is 0. The second-order valence-electron chi connectivity index (χ2n) is 8.82. The van der Waals surface area contributed by atoms with Gasteiger partial charge in [0.05, 0.1) is 24.3 Å². The molecule has 22 heavy (non-hydrogen) atoms. The second kappa shape index (κ2) is 2.06. The molecule has 0 amide bonds. The molecule has 7 fully saturated rings. The minimum absolute atomic E-state index is 0.127. The molecule has 1 aromatic heterocycles. The third kappa shape index (κ3) is 0.502. The van der Waals surface area contributed by atoms with Gasteiger partial charge in [-0.3, -0.25) is 0 Å². The molecule has 2 bridgehead atoms. The van der Waals surface area contributed by atoms with Crippen molar-refractivity contribution in [3.05, 3.63) is 21.0 Å². The van der Waals surface area contributed by atoms with Gasteiger partial charge >= 0.3 is 11.4 Å². The van der Waals surface area contributed by atoms with Gasteiger partial charge in [0.15, 0.2) is 0 Å². The van der Waals surface area contributed by atoms with Gasteiger partial charge in [0.1, 0.15) is 12.2 Å². The predicted octanol–water partition coefficient (Wildman–Crippen LogP) is -1.52. The molecule has 2 unspecified atom stereocenters. The monoisotopic (exact) mass is 299 g/mol. The van der Waals surface area contributed by atoms with Crippen LogP contribution in [0.15, 0.2) is 9.59 Å². The van der Waals surface area contributed by atoms with Crippen molar-refractivity contribution in [2.45, 2.75) is 36.5 Å². The van der Waals surface area contributed by atoms with Gasteiger partial charge < -0.3 is 9.47 Å². The highest BCUT2D eigenvalue weighted by atomic mass is 16.7. The zero-order valence-corrected chi connectivity index (χ0v) is 11.7. The molecule has 9 aliphatic rings. The summed E-state index contributed by atoms with van der Waals surface area (Å²) >= 11 is 0. The van der Waals surface area contributed by atoms with Crippen molar-refractivity contribution in [3.8, 4) is 0 Å². The molecular formula is C15H13N3O4. The Bertz CT molecular complexity index is 930. The quantitative estimate of drug-likeness (QED) is 0.546. The fraction of sp³-hybridized carbons (Fsp3) is 0.867. The van der Waals surface area contributed by atoms with Crippen LogP contribution in [0.4, 0.5) is 0 Å². The van der Waals surface area contributed by atoms with Crippen LogP contribution in [0.3, 0.4) is 0 Å². The van der Waals surface area contributed by atoms with Crippen molar-refractivity contribution >= 4 is 0 Å². The zero-order valence-electron chi connectivity index (χ0n) is 11.7. The molecule has 4 aliphatic heterocycles. The van der Waals surface area contributed by atoms with Crippen LogP contribution in [-0.4, -0.2) is 38.3 Å². The summed E-state index contributed by atoms with van der Waals surface area (Å²) in [5.74, 6) is 2.61. The average Bonchev–Trinajstić information content (AvgIpc) is 3.33. The number of hydrogen-bond donors (Lipinski definition) is 0. The van der Waals surface area contributed by atoms with Gasteiger partial charge in [-0.25, -0.2) is 23.5 Å². The lowest BCUT2D eigenvalue weighted by Gasteiger charge is -2.48. The normalized spacial score (nSPS) is 73.1. The second-order valence-corrected chi connectivity index (χ2v) is 8.82. The van der Waals surface area contributed by atoms with Gasteiger partial charge in [-0.15, -0.1) is 0 Å². The number of aromatic nitrogens is 3. The molecular weight excluding hydrogens is 286 g/mol. The first-order valence-corrected chi connectivity index (χ1v) is 8.39. The van der Waals surface area contributed by atoms with Crippen LogP contribution in [0, 0.1) is 34.5 Å². The van der Waals surface area contributed by atoms with Crippen LogP contribution in [0.2, 0.25) is 0 Å². The number of fused-ring (bicyclic) bond motifs is 3. The number of ether oxygens (including phenoxy) is 2. The highest BCUT2D eigenvalue weighted by Gasteiger charge is 3.11. The third-order valence-electron chi connectivity index (χ3n) is 9.02. The Balaban J connectivity index is 1.50. The zero-order chi connectivity index (χ0) is 14.1. The standard InChI is InChI=1S/C15H13N3O4/c1-16-12(19)17-8-3-2-4(3)9(18(17)13(16)20)15-7(2)14(8,15)10-5(21-10)6-11(15)22-6/h2-11H,1H3/t2?,3-,4-,5-,6+,7?,8-,9-,10-,11+,14-,15+/m0/s1. The Labute approximate surface area is 123 Å². The molecule has 5 heterocycles. The summed E-state index contributed by atoms with van der Waals surface area (Å²) in [5.41, 5.74) is -0.00465. The maximum absolute atomic E-state index is 12.7. The molecule has 2 spiro atoms. The van der Waals surface area contributed by atoms with E-state index in [4.69, 9.17) is 9.47 Å². The Hall–Kier alpha value is -1.34. The smallest absolute Gasteiger partial charge is 0.347 e. The fourth-order valence-corrected chi connectivity index (χ4v) is 8.93. The molecule has 7 nitrogen and oxygen atoms in total. The van der Waals surface area contributed by atoms with Gasteiger partial charge in [0.2, 0.25) is 0 Å². The first-order valence-electron chi connectivity index (χ1n) is 8.39. The lowest BCUT2D eigenvalue weighted by molar-refractivity contribution is -0.0267. The van der Waals surface area contributed by atoms with E-state index in [0.717, 1.165) is 5.92 Å². The number of hydrogen-bond acceptors (Lipinski definition) is 4. The molecule has 1 aromatic rings. The van der Waals surface area contributed by atoms with E-state index >= 15 is 0 Å². The molecule has 5 aliphatic carbocycles. The van der Waals surface area contributed by atoms with Crippen LogP contribution < -0.4 is 11.4 Å². The van der Waals surface area contributed by atoms with Crippen molar-refractivity contribution in [1.29, 1.82) is 0 Å². The molecule has 12 atom stereocenters. The largest absolute Gasteiger partial charge is 0.366 e. The molecule has 0 N–H and O–H groups in total. The number of epoxide rings is 2. The maximum atomic E-state index is 12.7. The summed E-state index contributed by atoms with van der Waals surface area (Å²) in [6, 6.07) is 0.387. The summed E-state index contributed by atoms with van der Waals surface area (Å²) in [7, 11) is 1.61. The van der Waals surface area contributed by atoms with Gasteiger partial charge in [0.25, 0.3) is 0 Å². The first-order chi connectivity index (χ1) is 10.7. The highest BCUT2D eigenvalue weighted by Crippen LogP contribution is 3.07. The summed E-state index contributed by atoms with van der Waals surface area (Å²) in [6.45, 7) is 0. The number of nitrogens with zero attached hydrogens (tertiary/aromatic N) is 3. The van der Waals surface area contributed by atoms with Crippen molar-refractivity contribution in [1.82, 2.24) is 13.9 Å². The van der Waals surface area contributed by atoms with Crippen molar-refractivity contribution in [3.63, 3.8) is 0 Å². The Kier molecular flexibility index (Phi) is 0.910. The Morgan fingerprint density at radius 3 is 1.86 bits per heavy atom. The third-order valence-corrected chi connectivity index (χ3v) is 9.02. The summed E-state index contributed by atoms with van der Waals surface area (Å²) < 4.78 is 17.1. The molecule has 2 saturated heterocycles. The van der Waals surface area contributed by atoms with E-state index in [9.17, 15) is 9.59 Å². The molecule has 0 radical (unpaired) electrons. The minimum atomic E-state index is -0.129. The molecule has 7 heteroatoms. The van der Waals surface area contributed by atoms with Crippen LogP contribution in [-0.2, 0) is 16.5 Å². The fourth-order valence-electron chi connectivity index (χ4n) is 8.93. The summed E-state index contributed by atoms with van der Waals surface area (Å²) in [6.07, 6.45) is 1.13. The van der Waals surface area contributed by atoms with E-state index in [-0.39, 0.29) is 46.5 Å². The first kappa shape index (κ1) is 9.72. The SMILES string of the molecule is Cn1c(=O)n2n(c1=O)[C@H]1[C@H]3C4C5[C@]6([C@@H]7O[C@@H]7[C@@H]7O[C@@H]7[C@]516)[C@@H]2[C@@H]43. The van der Waals surface area contributed by atoms with Crippen molar-refractivity contribution in [2.24, 2.45) is 41.5 Å². The van der Waals surface area contributed by atoms with Crippen LogP contribution in [0.25, 0.3) is 0 Å². The summed E-state index contributed by atoms with van der Waals surface area (Å²) in [4.78, 5) is 25.4. The van der Waals surface area contributed by atoms with Crippen LogP contribution >= 0.6 is 0 Å². The lowest BCUT2D eigenvalue weighted by Crippen LogP contribution is -2.57. The Morgan fingerprint density at radius 1 is 0.864 bits per heavy atom. The van der Waals surface area contributed by atoms with E-state index in [1.807, 2.05) is 9.36 Å². The van der Waals surface area contributed by atoms with E-state index in [2.05, 4.69) is 0 Å². The Morgan fingerprint density at radius 2 is 1.36 bits per heavy atom. The van der Waals surface area contributed by atoms with Gasteiger partial charge in [0, 0.05) is 17.9 Å². The van der Waals surface area contributed by atoms with Crippen LogP contribution in [0.5, 0.6) is 0 Å². The van der Waals surface area contributed by atoms with Crippen molar-refractivity contribution < 1.29 is 9.47 Å². The van der Waals surface area contributed by atoms with Crippen molar-refractivity contribution in [2.75, 3.05) is 0 Å². The van der Waals surface area contributed by atoms with Crippen LogP contribution in [0.1, 0.15) is 12.1 Å². The minimum Gasteiger partial charge on any atom is -0.366 e. The van der Waals surface area contributed by atoms with Gasteiger partial charge in [-0.05, 0) is 23.7 Å². The van der Waals surface area contributed by atoms with E-state index in [0.29, 0.717) is 30.0 Å². The van der Waals surface area contributed by atoms with Gasteiger partial charge in [-0.2, -0.15) is 0 Å². The lowest BCUT2D eigenvalue weighted by atomic mass is 9.64.